The number of nitrogens with zero attached hydrogens (tertiary/aromatic N) is 4. The molecule has 7 heteroatoms. The van der Waals surface area contributed by atoms with Crippen molar-refractivity contribution < 1.29 is 14.3 Å². The molecule has 1 aromatic heterocycles. The van der Waals surface area contributed by atoms with Crippen molar-refractivity contribution in [2.75, 3.05) is 13.2 Å². The Morgan fingerprint density at radius 2 is 1.95 bits per heavy atom. The van der Waals surface area contributed by atoms with Gasteiger partial charge in [0, 0.05) is 38.2 Å². The molecule has 0 fully saturated rings. The van der Waals surface area contributed by atoms with Gasteiger partial charge in [-0.3, -0.25) is 9.69 Å². The number of hydrogen-bond acceptors (Lipinski definition) is 6. The van der Waals surface area contributed by atoms with Gasteiger partial charge >= 0.3 is 5.97 Å². The molecule has 2 heterocycles. The average Bonchev–Trinajstić information content (AvgIpc) is 3.20. The van der Waals surface area contributed by atoms with E-state index in [0.717, 1.165) is 59.5 Å². The Morgan fingerprint density at radius 1 is 1.13 bits per heavy atom. The van der Waals surface area contributed by atoms with E-state index < -0.39 is 0 Å². The lowest BCUT2D eigenvalue weighted by atomic mass is 9.84. The highest BCUT2D eigenvalue weighted by Crippen LogP contribution is 2.35. The second-order valence-corrected chi connectivity index (χ2v) is 10.5. The molecule has 0 bridgehead atoms. The van der Waals surface area contributed by atoms with Gasteiger partial charge in [-0.1, -0.05) is 54.6 Å². The number of ether oxygens (including phenoxy) is 2. The van der Waals surface area contributed by atoms with Gasteiger partial charge in [0.05, 0.1) is 18.5 Å². The Hall–Kier alpha value is -3.71. The number of fused-ring (bicyclic) bond motifs is 2. The molecule has 2 atom stereocenters. The fourth-order valence-corrected chi connectivity index (χ4v) is 5.63. The summed E-state index contributed by atoms with van der Waals surface area (Å²) < 4.78 is 13.5. The molecular formula is C32H38N4O3. The number of benzene rings is 3. The van der Waals surface area contributed by atoms with Crippen LogP contribution < -0.4 is 4.74 Å². The normalized spacial score (nSPS) is 16.4. The maximum atomic E-state index is 12.8. The number of carbonyl (C=O) groups is 1. The molecule has 204 valence electrons. The van der Waals surface area contributed by atoms with Crippen LogP contribution in [0.2, 0.25) is 0 Å². The van der Waals surface area contributed by atoms with Crippen molar-refractivity contribution in [3.05, 3.63) is 88.0 Å². The van der Waals surface area contributed by atoms with Gasteiger partial charge in [0.25, 0.3) is 0 Å². The third-order valence-corrected chi connectivity index (χ3v) is 7.88. The van der Waals surface area contributed by atoms with Gasteiger partial charge in [-0.05, 0) is 67.1 Å². The van der Waals surface area contributed by atoms with Crippen LogP contribution in [-0.2, 0) is 29.7 Å². The van der Waals surface area contributed by atoms with Crippen molar-refractivity contribution in [2.45, 2.75) is 65.6 Å². The van der Waals surface area contributed by atoms with Crippen LogP contribution in [0.3, 0.4) is 0 Å². The van der Waals surface area contributed by atoms with Crippen LogP contribution in [0.5, 0.6) is 5.75 Å². The van der Waals surface area contributed by atoms with Crippen LogP contribution >= 0.6 is 0 Å². The van der Waals surface area contributed by atoms with Crippen molar-refractivity contribution in [2.24, 2.45) is 7.05 Å². The molecule has 4 aromatic rings. The Kier molecular flexibility index (Phi) is 7.98. The molecule has 7 nitrogen and oxygen atoms in total. The van der Waals surface area contributed by atoms with Gasteiger partial charge in [0.1, 0.15) is 17.4 Å². The molecule has 0 aliphatic carbocycles. The van der Waals surface area contributed by atoms with E-state index in [0.29, 0.717) is 6.61 Å². The molecule has 5 rings (SSSR count). The first-order valence-electron chi connectivity index (χ1n) is 13.9. The van der Waals surface area contributed by atoms with E-state index in [1.165, 1.54) is 16.7 Å². The molecule has 0 radical (unpaired) electrons. The zero-order valence-electron chi connectivity index (χ0n) is 23.6. The maximum absolute atomic E-state index is 12.8. The molecule has 0 saturated heterocycles. The summed E-state index contributed by atoms with van der Waals surface area (Å²) >= 11 is 0. The highest BCUT2D eigenvalue weighted by atomic mass is 16.5. The van der Waals surface area contributed by atoms with Crippen LogP contribution in [0, 0.1) is 13.8 Å². The summed E-state index contributed by atoms with van der Waals surface area (Å²) in [4.78, 5) is 15.3. The average molecular weight is 527 g/mol. The second-order valence-electron chi connectivity index (χ2n) is 10.5. The van der Waals surface area contributed by atoms with Crippen LogP contribution in [0.4, 0.5) is 0 Å². The molecule has 0 spiro atoms. The molecule has 0 saturated carbocycles. The van der Waals surface area contributed by atoms with Crippen molar-refractivity contribution in [3.8, 4) is 5.75 Å². The third kappa shape index (κ3) is 5.69. The first-order valence-corrected chi connectivity index (χ1v) is 13.9. The summed E-state index contributed by atoms with van der Waals surface area (Å²) in [5.74, 6) is 0.642. The molecule has 1 aliphatic rings. The number of esters is 1. The minimum absolute atomic E-state index is 0.147. The summed E-state index contributed by atoms with van der Waals surface area (Å²) in [5, 5.41) is 8.61. The van der Waals surface area contributed by atoms with Crippen molar-refractivity contribution in [1.82, 2.24) is 19.9 Å². The summed E-state index contributed by atoms with van der Waals surface area (Å²) in [6.07, 6.45) is 1.37. The van der Waals surface area contributed by atoms with E-state index in [1.807, 2.05) is 26.1 Å². The molecule has 39 heavy (non-hydrogen) atoms. The Bertz CT molecular complexity index is 1480. The predicted molar refractivity (Wildman–Crippen MR) is 153 cm³/mol. The van der Waals surface area contributed by atoms with Gasteiger partial charge in [0.2, 0.25) is 0 Å². The minimum Gasteiger partial charge on any atom is -0.489 e. The van der Waals surface area contributed by atoms with Crippen molar-refractivity contribution in [3.63, 3.8) is 0 Å². The first kappa shape index (κ1) is 26.9. The quantitative estimate of drug-likeness (QED) is 0.269. The smallest absolute Gasteiger partial charge is 0.306 e. The van der Waals surface area contributed by atoms with E-state index in [4.69, 9.17) is 9.47 Å². The molecular weight excluding hydrogens is 488 g/mol. The summed E-state index contributed by atoms with van der Waals surface area (Å²) in [6, 6.07) is 19.1. The number of hydrogen-bond donors (Lipinski definition) is 0. The number of rotatable bonds is 8. The molecule has 0 N–H and O–H groups in total. The SMILES string of the molecule is CCOC(=O)C[C@@H](c1ccc(C)c(CN2Cc3ccccc3O[C@H](CC)C2)c1)c1ccc2c(nnn2C)c1C. The number of carbonyl (C=O) groups excluding carboxylic acids is 1. The molecule has 1 aliphatic heterocycles. The van der Waals surface area contributed by atoms with Gasteiger partial charge in [0.15, 0.2) is 0 Å². The fourth-order valence-electron chi connectivity index (χ4n) is 5.63. The maximum Gasteiger partial charge on any atom is 0.306 e. The van der Waals surface area contributed by atoms with Gasteiger partial charge in [-0.15, -0.1) is 5.10 Å². The van der Waals surface area contributed by atoms with Crippen molar-refractivity contribution in [1.29, 1.82) is 0 Å². The molecule has 0 amide bonds. The predicted octanol–water partition coefficient (Wildman–Crippen LogP) is 5.84. The Labute approximate surface area is 230 Å². The van der Waals surface area contributed by atoms with E-state index in [1.54, 1.807) is 4.68 Å². The zero-order valence-corrected chi connectivity index (χ0v) is 23.6. The lowest BCUT2D eigenvalue weighted by Gasteiger charge is -2.25. The highest BCUT2D eigenvalue weighted by molar-refractivity contribution is 5.80. The fraction of sp³-hybridized carbons (Fsp3) is 0.406. The standard InChI is InChI=1S/C32H38N4O3/c1-6-26-20-36(18-24-10-8-9-11-30(24)39-26)19-25-16-23(13-12-21(25)3)28(17-31(37)38-7-2)27-14-15-29-32(22(27)4)33-34-35(29)5/h8-16,26,28H,6-7,17-20H2,1-5H3/t26-,28+/m1/s1. The lowest BCUT2D eigenvalue weighted by molar-refractivity contribution is -0.143. The van der Waals surface area contributed by atoms with E-state index in [9.17, 15) is 4.79 Å². The largest absolute Gasteiger partial charge is 0.489 e. The zero-order chi connectivity index (χ0) is 27.5. The summed E-state index contributed by atoms with van der Waals surface area (Å²) in [5.41, 5.74) is 8.78. The van der Waals surface area contributed by atoms with Crippen LogP contribution in [-0.4, -0.2) is 45.1 Å². The Morgan fingerprint density at radius 3 is 2.74 bits per heavy atom. The van der Waals surface area contributed by atoms with Crippen molar-refractivity contribution >= 4 is 17.0 Å². The van der Waals surface area contributed by atoms with Crippen LogP contribution in [0.25, 0.3) is 11.0 Å². The van der Waals surface area contributed by atoms with E-state index in [-0.39, 0.29) is 24.4 Å². The lowest BCUT2D eigenvalue weighted by Crippen LogP contribution is -2.32. The number of aryl methyl sites for hydroxylation is 3. The van der Waals surface area contributed by atoms with Crippen LogP contribution in [0.15, 0.2) is 54.6 Å². The number of para-hydroxylation sites is 1. The van der Waals surface area contributed by atoms with Gasteiger partial charge < -0.3 is 9.47 Å². The highest BCUT2D eigenvalue weighted by Gasteiger charge is 2.25. The monoisotopic (exact) mass is 526 g/mol. The first-order chi connectivity index (χ1) is 18.9. The summed E-state index contributed by atoms with van der Waals surface area (Å²) in [6.45, 7) is 11.1. The minimum atomic E-state index is -0.199. The Balaban J connectivity index is 1.50. The third-order valence-electron chi connectivity index (χ3n) is 7.88. The van der Waals surface area contributed by atoms with E-state index >= 15 is 0 Å². The van der Waals surface area contributed by atoms with Crippen LogP contribution in [0.1, 0.15) is 66.0 Å². The molecule has 3 aromatic carbocycles. The summed E-state index contributed by atoms with van der Waals surface area (Å²) in [7, 11) is 1.90. The molecule has 0 unspecified atom stereocenters. The van der Waals surface area contributed by atoms with Gasteiger partial charge in [-0.25, -0.2) is 4.68 Å². The topological polar surface area (TPSA) is 69.5 Å². The van der Waals surface area contributed by atoms with Gasteiger partial charge in [-0.2, -0.15) is 0 Å². The number of aromatic nitrogens is 3. The second kappa shape index (κ2) is 11.6. The van der Waals surface area contributed by atoms with E-state index in [2.05, 4.69) is 78.4 Å².